The number of amides is 1. The molecule has 0 aliphatic rings. The van der Waals surface area contributed by atoms with Gasteiger partial charge >= 0.3 is 0 Å². The molecule has 0 saturated carbocycles. The van der Waals surface area contributed by atoms with Crippen LogP contribution in [0.5, 0.6) is 0 Å². The van der Waals surface area contributed by atoms with Crippen molar-refractivity contribution in [2.75, 3.05) is 5.32 Å². The normalized spacial score (nSPS) is 10.4. The Morgan fingerprint density at radius 1 is 0.962 bits per heavy atom. The third-order valence-corrected chi connectivity index (χ3v) is 4.31. The number of halogens is 3. The summed E-state index contributed by atoms with van der Waals surface area (Å²) in [6.07, 6.45) is 1.53. The van der Waals surface area contributed by atoms with Crippen molar-refractivity contribution in [2.24, 2.45) is 0 Å². The Labute approximate surface area is 160 Å². The molecule has 0 bridgehead atoms. The molecule has 0 unspecified atom stereocenters. The van der Waals surface area contributed by atoms with E-state index in [0.717, 1.165) is 11.3 Å². The van der Waals surface area contributed by atoms with Crippen molar-refractivity contribution in [1.82, 2.24) is 10.3 Å². The minimum Gasteiger partial charge on any atom is -0.355 e. The lowest BCUT2D eigenvalue weighted by molar-refractivity contribution is 0.0946. The first-order valence-corrected chi connectivity index (χ1v) is 8.47. The fourth-order valence-electron chi connectivity index (χ4n) is 2.25. The quantitative estimate of drug-likeness (QED) is 0.630. The van der Waals surface area contributed by atoms with E-state index < -0.39 is 0 Å². The monoisotopic (exact) mass is 389 g/mol. The number of nitrogens with one attached hydrogen (secondary N) is 2. The van der Waals surface area contributed by atoms with E-state index in [0.29, 0.717) is 15.7 Å². The summed E-state index contributed by atoms with van der Waals surface area (Å²) in [5, 5.41) is 6.79. The first kappa shape index (κ1) is 18.2. The molecule has 0 saturated heterocycles. The molecular weight excluding hydrogens is 376 g/mol. The van der Waals surface area contributed by atoms with Crippen molar-refractivity contribution in [3.63, 3.8) is 0 Å². The molecule has 4 nitrogen and oxygen atoms in total. The van der Waals surface area contributed by atoms with Crippen LogP contribution in [-0.2, 0) is 6.54 Å². The average Bonchev–Trinajstić information content (AvgIpc) is 2.64. The molecule has 1 amide bonds. The summed E-state index contributed by atoms with van der Waals surface area (Å²) >= 11 is 11.9. The van der Waals surface area contributed by atoms with E-state index in [1.54, 1.807) is 42.5 Å². The van der Waals surface area contributed by atoms with Crippen molar-refractivity contribution in [3.05, 3.63) is 87.9 Å². The fourth-order valence-corrected chi connectivity index (χ4v) is 2.55. The Bertz CT molecular complexity index is 932. The summed E-state index contributed by atoms with van der Waals surface area (Å²) in [5.41, 5.74) is 2.48. The zero-order valence-electron chi connectivity index (χ0n) is 13.5. The molecule has 0 aliphatic carbocycles. The molecule has 0 atom stereocenters. The van der Waals surface area contributed by atoms with Gasteiger partial charge in [0, 0.05) is 24.1 Å². The van der Waals surface area contributed by atoms with E-state index >= 15 is 0 Å². The van der Waals surface area contributed by atoms with Crippen LogP contribution in [0.1, 0.15) is 16.1 Å². The van der Waals surface area contributed by atoms with Gasteiger partial charge in [-0.25, -0.2) is 4.39 Å². The van der Waals surface area contributed by atoms with Crippen LogP contribution in [0.2, 0.25) is 10.0 Å². The number of carbonyl (C=O) groups is 1. The van der Waals surface area contributed by atoms with Crippen molar-refractivity contribution in [3.8, 4) is 0 Å². The van der Waals surface area contributed by atoms with Crippen LogP contribution in [-0.4, -0.2) is 10.9 Å². The summed E-state index contributed by atoms with van der Waals surface area (Å²) < 4.78 is 12.9. The van der Waals surface area contributed by atoms with Gasteiger partial charge in [-0.2, -0.15) is 0 Å². The van der Waals surface area contributed by atoms with Gasteiger partial charge in [-0.05, 0) is 48.0 Å². The summed E-state index contributed by atoms with van der Waals surface area (Å²) in [4.78, 5) is 16.4. The Morgan fingerprint density at radius 3 is 2.42 bits per heavy atom. The fraction of sp³-hybridized carbons (Fsp3) is 0.0526. The molecular formula is C19H14Cl2FN3O. The van der Waals surface area contributed by atoms with E-state index in [1.165, 1.54) is 18.3 Å². The Morgan fingerprint density at radius 2 is 1.69 bits per heavy atom. The summed E-state index contributed by atoms with van der Waals surface area (Å²) in [6, 6.07) is 14.5. The zero-order chi connectivity index (χ0) is 18.5. The summed E-state index contributed by atoms with van der Waals surface area (Å²) in [7, 11) is 0. The van der Waals surface area contributed by atoms with Crippen molar-refractivity contribution >= 4 is 40.5 Å². The molecule has 0 aliphatic heterocycles. The van der Waals surface area contributed by atoms with Crippen molar-refractivity contribution in [2.45, 2.75) is 6.54 Å². The number of rotatable bonds is 5. The molecule has 26 heavy (non-hydrogen) atoms. The number of anilines is 2. The standard InChI is InChI=1S/C19H14Cl2FN3O/c20-16-6-5-14(9-17(16)21)25-15-7-8-23-18(10-15)19(26)24-11-12-1-3-13(22)4-2-12/h1-10H,11H2,(H,23,25)(H,24,26). The highest BCUT2D eigenvalue weighted by molar-refractivity contribution is 6.42. The first-order valence-electron chi connectivity index (χ1n) is 7.72. The molecule has 2 aromatic carbocycles. The summed E-state index contributed by atoms with van der Waals surface area (Å²) in [6.45, 7) is 0.283. The zero-order valence-corrected chi connectivity index (χ0v) is 15.0. The van der Waals surface area contributed by atoms with Gasteiger partial charge in [0.2, 0.25) is 0 Å². The molecule has 132 valence electrons. The molecule has 7 heteroatoms. The minimum absolute atomic E-state index is 0.261. The third kappa shape index (κ3) is 4.71. The summed E-state index contributed by atoms with van der Waals surface area (Å²) in [5.74, 6) is -0.644. The number of hydrogen-bond acceptors (Lipinski definition) is 3. The van der Waals surface area contributed by atoms with Crippen LogP contribution in [0, 0.1) is 5.82 Å². The number of aromatic nitrogens is 1. The van der Waals surface area contributed by atoms with E-state index in [4.69, 9.17) is 23.2 Å². The van der Waals surface area contributed by atoms with Crippen LogP contribution >= 0.6 is 23.2 Å². The number of benzene rings is 2. The van der Waals surface area contributed by atoms with Crippen LogP contribution in [0.4, 0.5) is 15.8 Å². The van der Waals surface area contributed by atoms with E-state index in [9.17, 15) is 9.18 Å². The molecule has 2 N–H and O–H groups in total. The molecule has 1 aromatic heterocycles. The largest absolute Gasteiger partial charge is 0.355 e. The maximum atomic E-state index is 12.9. The second kappa shape index (κ2) is 8.17. The average molecular weight is 390 g/mol. The Balaban J connectivity index is 1.66. The van der Waals surface area contributed by atoms with Crippen LogP contribution in [0.3, 0.4) is 0 Å². The first-order chi connectivity index (χ1) is 12.5. The van der Waals surface area contributed by atoms with Gasteiger partial charge in [0.05, 0.1) is 10.0 Å². The highest BCUT2D eigenvalue weighted by Gasteiger charge is 2.08. The van der Waals surface area contributed by atoms with E-state index in [-0.39, 0.29) is 24.0 Å². The molecule has 0 fully saturated rings. The van der Waals surface area contributed by atoms with Gasteiger partial charge < -0.3 is 10.6 Å². The number of pyridine rings is 1. The predicted octanol–water partition coefficient (Wildman–Crippen LogP) is 5.20. The topological polar surface area (TPSA) is 54.0 Å². The number of carbonyl (C=O) groups excluding carboxylic acids is 1. The minimum atomic E-state index is -0.327. The molecule has 3 rings (SSSR count). The molecule has 0 spiro atoms. The van der Waals surface area contributed by atoms with Crippen molar-refractivity contribution in [1.29, 1.82) is 0 Å². The lowest BCUT2D eigenvalue weighted by Crippen LogP contribution is -2.23. The van der Waals surface area contributed by atoms with Crippen LogP contribution in [0.15, 0.2) is 60.8 Å². The van der Waals surface area contributed by atoms with Gasteiger partial charge in [-0.15, -0.1) is 0 Å². The van der Waals surface area contributed by atoms with Gasteiger partial charge in [-0.3, -0.25) is 9.78 Å². The second-order valence-corrected chi connectivity index (χ2v) is 6.31. The lowest BCUT2D eigenvalue weighted by atomic mass is 10.2. The molecule has 1 heterocycles. The number of hydrogen-bond donors (Lipinski definition) is 2. The van der Waals surface area contributed by atoms with Gasteiger partial charge in [0.1, 0.15) is 11.5 Å². The molecule has 3 aromatic rings. The maximum absolute atomic E-state index is 12.9. The van der Waals surface area contributed by atoms with Crippen LogP contribution < -0.4 is 10.6 Å². The maximum Gasteiger partial charge on any atom is 0.270 e. The number of nitrogens with zero attached hydrogens (tertiary/aromatic N) is 1. The lowest BCUT2D eigenvalue weighted by Gasteiger charge is -2.09. The highest BCUT2D eigenvalue weighted by Crippen LogP contribution is 2.27. The van der Waals surface area contributed by atoms with Gasteiger partial charge in [0.25, 0.3) is 5.91 Å². The van der Waals surface area contributed by atoms with Gasteiger partial charge in [0.15, 0.2) is 0 Å². The second-order valence-electron chi connectivity index (χ2n) is 5.49. The Kier molecular flexibility index (Phi) is 5.71. The third-order valence-electron chi connectivity index (χ3n) is 3.57. The van der Waals surface area contributed by atoms with E-state index in [1.807, 2.05) is 0 Å². The Hall–Kier alpha value is -2.63. The predicted molar refractivity (Wildman–Crippen MR) is 102 cm³/mol. The SMILES string of the molecule is O=C(NCc1ccc(F)cc1)c1cc(Nc2ccc(Cl)c(Cl)c2)ccn1. The smallest absolute Gasteiger partial charge is 0.270 e. The van der Waals surface area contributed by atoms with E-state index in [2.05, 4.69) is 15.6 Å². The highest BCUT2D eigenvalue weighted by atomic mass is 35.5. The van der Waals surface area contributed by atoms with Gasteiger partial charge in [-0.1, -0.05) is 35.3 Å². The van der Waals surface area contributed by atoms with Crippen molar-refractivity contribution < 1.29 is 9.18 Å². The molecule has 0 radical (unpaired) electrons. The van der Waals surface area contributed by atoms with Crippen LogP contribution in [0.25, 0.3) is 0 Å².